The highest BCUT2D eigenvalue weighted by Crippen LogP contribution is 2.26. The van der Waals surface area contributed by atoms with Crippen LogP contribution in [0.3, 0.4) is 0 Å². The van der Waals surface area contributed by atoms with E-state index in [1.807, 2.05) is 29.9 Å². The maximum absolute atomic E-state index is 6.25. The lowest BCUT2D eigenvalue weighted by atomic mass is 10.0. The molecule has 4 heteroatoms. The van der Waals surface area contributed by atoms with Gasteiger partial charge in [0.05, 0.1) is 11.8 Å². The lowest BCUT2D eigenvalue weighted by molar-refractivity contribution is 0.615. The van der Waals surface area contributed by atoms with Gasteiger partial charge in [-0.3, -0.25) is 4.98 Å². The summed E-state index contributed by atoms with van der Waals surface area (Å²) in [5, 5.41) is 1.10. The molecule has 0 spiro atoms. The van der Waals surface area contributed by atoms with Crippen LogP contribution < -0.4 is 5.73 Å². The van der Waals surface area contributed by atoms with E-state index < -0.39 is 0 Å². The fraction of sp³-hybridized carbons (Fsp3) is 0.154. The molecule has 2 N–H and O–H groups in total. The van der Waals surface area contributed by atoms with Gasteiger partial charge in [0.25, 0.3) is 0 Å². The van der Waals surface area contributed by atoms with Gasteiger partial charge in [0.2, 0.25) is 0 Å². The van der Waals surface area contributed by atoms with E-state index in [9.17, 15) is 0 Å². The van der Waals surface area contributed by atoms with Crippen molar-refractivity contribution in [3.05, 3.63) is 52.7 Å². The van der Waals surface area contributed by atoms with Crippen molar-refractivity contribution in [3.8, 4) is 0 Å². The molecule has 2 heterocycles. The molecule has 17 heavy (non-hydrogen) atoms. The number of hydrogen-bond acceptors (Lipinski definition) is 4. The van der Waals surface area contributed by atoms with E-state index >= 15 is 0 Å². The molecule has 1 atom stereocenters. The van der Waals surface area contributed by atoms with Crippen LogP contribution in [0.1, 0.15) is 16.5 Å². The fourth-order valence-corrected chi connectivity index (χ4v) is 2.67. The Morgan fingerprint density at radius 1 is 1.35 bits per heavy atom. The summed E-state index contributed by atoms with van der Waals surface area (Å²) in [5.74, 6) is 0. The normalized spacial score (nSPS) is 13.0. The smallest absolute Gasteiger partial charge is 0.134 e. The molecule has 86 valence electrons. The molecular weight excluding hydrogens is 232 g/mol. The molecule has 0 saturated carbocycles. The van der Waals surface area contributed by atoms with Crippen LogP contribution >= 0.6 is 11.3 Å². The molecule has 0 aliphatic heterocycles. The van der Waals surface area contributed by atoms with Gasteiger partial charge in [-0.15, -0.1) is 11.3 Å². The Balaban J connectivity index is 1.95. The zero-order valence-electron chi connectivity index (χ0n) is 9.17. The maximum Gasteiger partial charge on any atom is 0.134 e. The number of hydrogen-bond donors (Lipinski definition) is 1. The zero-order chi connectivity index (χ0) is 11.7. The van der Waals surface area contributed by atoms with Gasteiger partial charge in [0, 0.05) is 28.9 Å². The third kappa shape index (κ3) is 1.97. The molecule has 1 unspecified atom stereocenters. The number of fused-ring (bicyclic) bond motifs is 1. The molecule has 1 aromatic carbocycles. The first-order chi connectivity index (χ1) is 8.34. The van der Waals surface area contributed by atoms with Crippen molar-refractivity contribution in [3.63, 3.8) is 0 Å². The summed E-state index contributed by atoms with van der Waals surface area (Å²) in [5.41, 5.74) is 10.1. The minimum atomic E-state index is -0.0169. The van der Waals surface area contributed by atoms with Crippen molar-refractivity contribution in [1.82, 2.24) is 4.98 Å². The van der Waals surface area contributed by atoms with Crippen LogP contribution in [0, 0.1) is 0 Å². The third-order valence-corrected chi connectivity index (χ3v) is 3.64. The molecule has 0 radical (unpaired) electrons. The molecule has 0 aliphatic carbocycles. The van der Waals surface area contributed by atoms with Crippen LogP contribution in [-0.4, -0.2) is 4.98 Å². The molecular formula is C13H12N2OS. The Morgan fingerprint density at radius 3 is 3.12 bits per heavy atom. The fourth-order valence-electron chi connectivity index (χ4n) is 2.01. The summed E-state index contributed by atoms with van der Waals surface area (Å²) in [7, 11) is 0. The first-order valence-electron chi connectivity index (χ1n) is 5.43. The van der Waals surface area contributed by atoms with Crippen molar-refractivity contribution in [1.29, 1.82) is 0 Å². The lowest BCUT2D eigenvalue weighted by Crippen LogP contribution is -2.12. The van der Waals surface area contributed by atoms with E-state index in [0.29, 0.717) is 0 Å². The second kappa shape index (κ2) is 4.31. The average molecular weight is 244 g/mol. The lowest BCUT2D eigenvalue weighted by Gasteiger charge is -2.11. The number of nitrogens with zero attached hydrogens (tertiary/aromatic N) is 1. The highest BCUT2D eigenvalue weighted by atomic mass is 32.1. The number of nitrogens with two attached hydrogens (primary N) is 1. The largest absolute Gasteiger partial charge is 0.464 e. The summed E-state index contributed by atoms with van der Waals surface area (Å²) < 4.78 is 5.38. The highest BCUT2D eigenvalue weighted by Gasteiger charge is 2.12. The van der Waals surface area contributed by atoms with Crippen LogP contribution in [0.25, 0.3) is 11.0 Å². The van der Waals surface area contributed by atoms with Crippen LogP contribution in [-0.2, 0) is 6.42 Å². The van der Waals surface area contributed by atoms with Crippen LogP contribution in [0.2, 0.25) is 0 Å². The van der Waals surface area contributed by atoms with Gasteiger partial charge in [-0.1, -0.05) is 12.1 Å². The summed E-state index contributed by atoms with van der Waals surface area (Å²) in [4.78, 5) is 5.27. The molecule has 0 fully saturated rings. The average Bonchev–Trinajstić information content (AvgIpc) is 2.97. The highest BCUT2D eigenvalue weighted by molar-refractivity contribution is 7.09. The zero-order valence-corrected chi connectivity index (χ0v) is 9.98. The van der Waals surface area contributed by atoms with Gasteiger partial charge in [-0.05, 0) is 17.7 Å². The van der Waals surface area contributed by atoms with E-state index in [2.05, 4.69) is 11.1 Å². The monoisotopic (exact) mass is 244 g/mol. The number of rotatable bonds is 3. The van der Waals surface area contributed by atoms with Crippen LogP contribution in [0.15, 0.2) is 46.7 Å². The molecule has 0 saturated heterocycles. The number of aromatic nitrogens is 1. The van der Waals surface area contributed by atoms with E-state index in [1.165, 1.54) is 4.88 Å². The minimum Gasteiger partial charge on any atom is -0.464 e. The van der Waals surface area contributed by atoms with Crippen LogP contribution in [0.4, 0.5) is 0 Å². The van der Waals surface area contributed by atoms with E-state index in [-0.39, 0.29) is 6.04 Å². The van der Waals surface area contributed by atoms with Gasteiger partial charge in [-0.25, -0.2) is 0 Å². The van der Waals surface area contributed by atoms with E-state index in [0.717, 1.165) is 23.0 Å². The maximum atomic E-state index is 6.25. The second-order valence-corrected chi connectivity index (χ2v) is 4.93. The van der Waals surface area contributed by atoms with Crippen molar-refractivity contribution >= 4 is 22.3 Å². The van der Waals surface area contributed by atoms with Crippen LogP contribution in [0.5, 0.6) is 0 Å². The predicted octanol–water partition coefficient (Wildman–Crippen LogP) is 3.13. The van der Waals surface area contributed by atoms with Crippen molar-refractivity contribution < 1.29 is 4.42 Å². The number of benzene rings is 1. The second-order valence-electron chi connectivity index (χ2n) is 3.96. The van der Waals surface area contributed by atoms with Gasteiger partial charge < -0.3 is 10.2 Å². The topological polar surface area (TPSA) is 52.0 Å². The first kappa shape index (κ1) is 10.5. The Hall–Kier alpha value is -1.65. The first-order valence-corrected chi connectivity index (χ1v) is 6.31. The van der Waals surface area contributed by atoms with Gasteiger partial charge in [0.1, 0.15) is 5.58 Å². The standard InChI is InChI=1S/C13H12N2OS/c14-12(6-9-7-15-8-17-9)10-2-1-3-13-11(10)4-5-16-13/h1-5,7-8,12H,6,14H2. The van der Waals surface area contributed by atoms with Crippen molar-refractivity contribution in [2.45, 2.75) is 12.5 Å². The van der Waals surface area contributed by atoms with E-state index in [1.54, 1.807) is 17.6 Å². The summed E-state index contributed by atoms with van der Waals surface area (Å²) in [6.45, 7) is 0. The summed E-state index contributed by atoms with van der Waals surface area (Å²) in [6.07, 6.45) is 4.39. The molecule has 3 aromatic rings. The predicted molar refractivity (Wildman–Crippen MR) is 69.0 cm³/mol. The van der Waals surface area contributed by atoms with Crippen molar-refractivity contribution in [2.24, 2.45) is 5.73 Å². The summed E-state index contributed by atoms with van der Waals surface area (Å²) in [6, 6.07) is 7.95. The minimum absolute atomic E-state index is 0.0169. The Labute approximate surface area is 103 Å². The van der Waals surface area contributed by atoms with Gasteiger partial charge in [-0.2, -0.15) is 0 Å². The quantitative estimate of drug-likeness (QED) is 0.770. The number of thiazole rings is 1. The molecule has 0 bridgehead atoms. The third-order valence-electron chi connectivity index (χ3n) is 2.83. The Bertz CT molecular complexity index is 615. The Kier molecular flexibility index (Phi) is 2.66. The number of furan rings is 1. The summed E-state index contributed by atoms with van der Waals surface area (Å²) >= 11 is 1.64. The van der Waals surface area contributed by atoms with E-state index in [4.69, 9.17) is 10.2 Å². The molecule has 2 aromatic heterocycles. The molecule has 0 amide bonds. The van der Waals surface area contributed by atoms with Gasteiger partial charge in [0.15, 0.2) is 0 Å². The van der Waals surface area contributed by atoms with Crippen molar-refractivity contribution in [2.75, 3.05) is 0 Å². The molecule has 0 aliphatic rings. The molecule has 3 nitrogen and oxygen atoms in total. The Morgan fingerprint density at radius 2 is 2.29 bits per heavy atom. The molecule has 3 rings (SSSR count). The SMILES string of the molecule is NC(Cc1cncs1)c1cccc2occc12. The van der Waals surface area contributed by atoms with Gasteiger partial charge >= 0.3 is 0 Å².